The third-order valence-electron chi connectivity index (χ3n) is 8.61. The molecule has 3 rings (SSSR count). The van der Waals surface area contributed by atoms with Crippen LogP contribution in [0.15, 0.2) is 34.9 Å². The Hall–Kier alpha value is -3.23. The van der Waals surface area contributed by atoms with Gasteiger partial charge in [0.25, 0.3) is 0 Å². The molecule has 0 radical (unpaired) electrons. The summed E-state index contributed by atoms with van der Waals surface area (Å²) < 4.78 is 96.0. The number of rotatable bonds is 6. The molecule has 0 amide bonds. The van der Waals surface area contributed by atoms with E-state index in [9.17, 15) is 40.7 Å². The average molecular weight is 633 g/mol. The second kappa shape index (κ2) is 13.4. The largest absolute Gasteiger partial charge is 0.462 e. The van der Waals surface area contributed by atoms with Gasteiger partial charge in [-0.15, -0.1) is 0 Å². The number of halogens is 6. The maximum absolute atomic E-state index is 13.6. The van der Waals surface area contributed by atoms with Gasteiger partial charge in [-0.1, -0.05) is 54.7 Å². The van der Waals surface area contributed by atoms with Crippen molar-refractivity contribution in [1.82, 2.24) is 0 Å². The van der Waals surface area contributed by atoms with Gasteiger partial charge in [-0.2, -0.15) is 26.3 Å². The summed E-state index contributed by atoms with van der Waals surface area (Å²) in [6, 6.07) is 0. The van der Waals surface area contributed by atoms with Crippen LogP contribution >= 0.6 is 0 Å². The molecule has 0 aromatic heterocycles. The number of ether oxygens (including phenoxy) is 3. The van der Waals surface area contributed by atoms with Crippen LogP contribution in [0.3, 0.4) is 0 Å². The predicted octanol–water partition coefficient (Wildman–Crippen LogP) is 7.48. The average Bonchev–Trinajstić information content (AvgIpc) is 3.21. The van der Waals surface area contributed by atoms with E-state index in [1.165, 1.54) is 19.8 Å². The Morgan fingerprint density at radius 2 is 1.55 bits per heavy atom. The molecule has 5 atom stereocenters. The van der Waals surface area contributed by atoms with E-state index < -0.39 is 54.0 Å². The highest BCUT2D eigenvalue weighted by Gasteiger charge is 2.74. The summed E-state index contributed by atoms with van der Waals surface area (Å²) in [7, 11) is 0. The first-order chi connectivity index (χ1) is 20.3. The second-order valence-electron chi connectivity index (χ2n) is 12.1. The summed E-state index contributed by atoms with van der Waals surface area (Å²) in [4.78, 5) is 34.3. The summed E-state index contributed by atoms with van der Waals surface area (Å²) in [6.07, 6.45) is -2.53. The van der Waals surface area contributed by atoms with Crippen molar-refractivity contribution in [2.24, 2.45) is 17.3 Å². The number of hydrogen-bond acceptors (Lipinski definition) is 6. The number of alkyl halides is 6. The third-order valence-corrected chi connectivity index (χ3v) is 8.61. The first-order valence-electron chi connectivity index (χ1n) is 14.6. The van der Waals surface area contributed by atoms with Gasteiger partial charge in [-0.3, -0.25) is 14.4 Å². The van der Waals surface area contributed by atoms with E-state index in [0.717, 1.165) is 36.0 Å². The lowest BCUT2D eigenvalue weighted by Crippen LogP contribution is -2.58. The highest BCUT2D eigenvalue weighted by molar-refractivity contribution is 5.68. The summed E-state index contributed by atoms with van der Waals surface area (Å²) in [5.41, 5.74) is -2.21. The van der Waals surface area contributed by atoms with E-state index in [1.807, 2.05) is 24.1 Å². The lowest BCUT2D eigenvalue weighted by Gasteiger charge is -2.42. The molecular weight excluding hydrogens is 594 g/mol. The molecule has 2 fully saturated rings. The van der Waals surface area contributed by atoms with Crippen molar-refractivity contribution in [3.8, 4) is 11.8 Å². The van der Waals surface area contributed by atoms with Crippen molar-refractivity contribution >= 4 is 17.9 Å². The molecule has 0 aromatic rings. The van der Waals surface area contributed by atoms with Crippen molar-refractivity contribution in [1.29, 1.82) is 0 Å². The van der Waals surface area contributed by atoms with Crippen LogP contribution in [0.4, 0.5) is 26.3 Å². The standard InChI is InChI=1S/C32H38F6O6/c1-19(8-6-15-30(31(33,34)35,32(36,37)38)44-22(4)41)27-12-13-28-24(9-7-14-29(27,28)5)11-10-23-16-25(42-20(2)39)18-26(17-23)43-21(3)40/h10-12,19,25-26,28H,7-9,13-14,16-18H2,1-5H3/b23-10?,24-11+/t19?,25-,26?,28?,29-/m1/s1. The molecule has 3 aliphatic rings. The van der Waals surface area contributed by atoms with Gasteiger partial charge in [0.2, 0.25) is 0 Å². The second-order valence-corrected chi connectivity index (χ2v) is 12.1. The van der Waals surface area contributed by atoms with Crippen LogP contribution in [0.1, 0.15) is 86.0 Å². The van der Waals surface area contributed by atoms with Crippen LogP contribution in [0, 0.1) is 29.1 Å². The SMILES string of the molecule is CC(=O)OC1CC(=C/C=C2\CCC[C@]3(C)C(C(C)CC#CC(OC(C)=O)(C(F)(F)F)C(F)(F)F)=CCC23)C[C@@H](OC(C)=O)C1. The fourth-order valence-electron chi connectivity index (χ4n) is 6.85. The molecule has 3 unspecified atom stereocenters. The van der Waals surface area contributed by atoms with Gasteiger partial charge in [0.05, 0.1) is 0 Å². The smallest absolute Gasteiger partial charge is 0.450 e. The number of fused-ring (bicyclic) bond motifs is 1. The van der Waals surface area contributed by atoms with Crippen LogP contribution in [0.2, 0.25) is 0 Å². The highest BCUT2D eigenvalue weighted by atomic mass is 19.4. The van der Waals surface area contributed by atoms with Crippen LogP contribution in [-0.2, 0) is 28.6 Å². The zero-order chi connectivity index (χ0) is 33.1. The minimum Gasteiger partial charge on any atom is -0.462 e. The lowest BCUT2D eigenvalue weighted by molar-refractivity contribution is -0.345. The van der Waals surface area contributed by atoms with E-state index in [0.29, 0.717) is 32.6 Å². The van der Waals surface area contributed by atoms with Gasteiger partial charge in [0.1, 0.15) is 12.2 Å². The highest BCUT2D eigenvalue weighted by Crippen LogP contribution is 2.57. The maximum Gasteiger partial charge on any atom is 0.450 e. The van der Waals surface area contributed by atoms with E-state index in [4.69, 9.17) is 9.47 Å². The van der Waals surface area contributed by atoms with E-state index >= 15 is 0 Å². The molecule has 0 bridgehead atoms. The molecule has 2 saturated carbocycles. The Balaban J connectivity index is 1.81. The molecule has 3 aliphatic carbocycles. The number of esters is 3. The van der Waals surface area contributed by atoms with E-state index in [1.54, 1.807) is 6.92 Å². The van der Waals surface area contributed by atoms with Crippen LogP contribution in [0.25, 0.3) is 0 Å². The molecule has 244 valence electrons. The number of carbonyl (C=O) groups excluding carboxylic acids is 3. The normalized spacial score (nSPS) is 28.3. The van der Waals surface area contributed by atoms with Crippen molar-refractivity contribution in [2.75, 3.05) is 0 Å². The molecular formula is C32H38F6O6. The van der Waals surface area contributed by atoms with Gasteiger partial charge < -0.3 is 14.2 Å². The zero-order valence-electron chi connectivity index (χ0n) is 25.4. The van der Waals surface area contributed by atoms with Crippen molar-refractivity contribution < 1.29 is 54.9 Å². The summed E-state index contributed by atoms with van der Waals surface area (Å²) in [6.45, 7) is 6.89. The van der Waals surface area contributed by atoms with Gasteiger partial charge in [0.15, 0.2) is 0 Å². The summed E-state index contributed by atoms with van der Waals surface area (Å²) in [5.74, 6) is 0.325. The molecule has 0 N–H and O–H groups in total. The Kier molecular flexibility index (Phi) is 10.7. The molecule has 0 spiro atoms. The Labute approximate surface area is 253 Å². The van der Waals surface area contributed by atoms with Crippen molar-refractivity contribution in [3.63, 3.8) is 0 Å². The molecule has 0 aromatic carbocycles. The Morgan fingerprint density at radius 1 is 0.977 bits per heavy atom. The fourth-order valence-corrected chi connectivity index (χ4v) is 6.85. The molecule has 0 saturated heterocycles. The van der Waals surface area contributed by atoms with Gasteiger partial charge in [-0.05, 0) is 48.9 Å². The molecule has 0 heterocycles. The molecule has 12 heteroatoms. The van der Waals surface area contributed by atoms with Gasteiger partial charge >= 0.3 is 35.9 Å². The third kappa shape index (κ3) is 7.88. The first-order valence-corrected chi connectivity index (χ1v) is 14.6. The van der Waals surface area contributed by atoms with E-state index in [-0.39, 0.29) is 17.8 Å². The van der Waals surface area contributed by atoms with Gasteiger partial charge in [0, 0.05) is 46.5 Å². The van der Waals surface area contributed by atoms with Crippen LogP contribution in [-0.4, -0.2) is 48.1 Å². The van der Waals surface area contributed by atoms with Crippen molar-refractivity contribution in [2.45, 2.75) is 116 Å². The number of allylic oxidation sites excluding steroid dienone is 5. The molecule has 0 aliphatic heterocycles. The monoisotopic (exact) mass is 632 g/mol. The molecule has 44 heavy (non-hydrogen) atoms. The Morgan fingerprint density at radius 3 is 2.05 bits per heavy atom. The fraction of sp³-hybridized carbons (Fsp3) is 0.656. The topological polar surface area (TPSA) is 78.9 Å². The van der Waals surface area contributed by atoms with Crippen LogP contribution < -0.4 is 0 Å². The zero-order valence-corrected chi connectivity index (χ0v) is 25.4. The van der Waals surface area contributed by atoms with Gasteiger partial charge in [-0.25, -0.2) is 0 Å². The first kappa shape index (κ1) is 35.3. The molecule has 6 nitrogen and oxygen atoms in total. The van der Waals surface area contributed by atoms with Crippen LogP contribution in [0.5, 0.6) is 0 Å². The predicted molar refractivity (Wildman–Crippen MR) is 147 cm³/mol. The van der Waals surface area contributed by atoms with E-state index in [2.05, 4.69) is 11.7 Å². The number of carbonyl (C=O) groups is 3. The number of hydrogen-bond donors (Lipinski definition) is 0. The Bertz CT molecular complexity index is 1240. The lowest BCUT2D eigenvalue weighted by atomic mass is 9.62. The minimum atomic E-state index is -5.98. The summed E-state index contributed by atoms with van der Waals surface area (Å²) >= 11 is 0. The summed E-state index contributed by atoms with van der Waals surface area (Å²) in [5, 5.41) is 0. The van der Waals surface area contributed by atoms with Crippen molar-refractivity contribution in [3.05, 3.63) is 34.9 Å². The minimum absolute atomic E-state index is 0.0844. The maximum atomic E-state index is 13.6. The quantitative estimate of drug-likeness (QED) is 0.0994.